The smallest absolute Gasteiger partial charge is 0.227 e. The van der Waals surface area contributed by atoms with Crippen molar-refractivity contribution in [1.82, 2.24) is 4.98 Å². The van der Waals surface area contributed by atoms with E-state index in [0.717, 1.165) is 72.4 Å². The second-order valence-electron chi connectivity index (χ2n) is 13.5. The first-order valence-corrected chi connectivity index (χ1v) is 18.8. The summed E-state index contributed by atoms with van der Waals surface area (Å²) in [7, 11) is 0. The van der Waals surface area contributed by atoms with Crippen molar-refractivity contribution in [3.8, 4) is 33.7 Å². The fourth-order valence-electron chi connectivity index (χ4n) is 7.76. The summed E-state index contributed by atoms with van der Waals surface area (Å²) >= 11 is 1.83. The Bertz CT molecular complexity index is 3180. The summed E-state index contributed by atoms with van der Waals surface area (Å²) in [6, 6.07) is 63.9. The molecule has 0 fully saturated rings. The molecule has 54 heavy (non-hydrogen) atoms. The minimum absolute atomic E-state index is 0.587. The van der Waals surface area contributed by atoms with Gasteiger partial charge in [0.2, 0.25) is 5.89 Å². The Hall–Kier alpha value is -6.95. The molecule has 3 aromatic heterocycles. The van der Waals surface area contributed by atoms with Crippen LogP contribution in [0.2, 0.25) is 0 Å². The molecule has 4 nitrogen and oxygen atoms in total. The van der Waals surface area contributed by atoms with E-state index in [1.807, 2.05) is 59.9 Å². The van der Waals surface area contributed by atoms with E-state index in [0.29, 0.717) is 5.89 Å². The van der Waals surface area contributed by atoms with Gasteiger partial charge in [-0.15, -0.1) is 11.3 Å². The van der Waals surface area contributed by atoms with Crippen LogP contribution in [0.15, 0.2) is 191 Å². The summed E-state index contributed by atoms with van der Waals surface area (Å²) in [4.78, 5) is 7.39. The van der Waals surface area contributed by atoms with Gasteiger partial charge >= 0.3 is 0 Å². The highest BCUT2D eigenvalue weighted by molar-refractivity contribution is 7.25. The molecular weight excluding hydrogens is 681 g/mol. The molecule has 11 rings (SSSR count). The summed E-state index contributed by atoms with van der Waals surface area (Å²) in [5.41, 5.74) is 11.5. The van der Waals surface area contributed by atoms with Crippen LogP contribution in [-0.2, 0) is 0 Å². The summed E-state index contributed by atoms with van der Waals surface area (Å²) in [6.07, 6.45) is 0. The molecule has 0 bridgehead atoms. The molecule has 0 saturated carbocycles. The van der Waals surface area contributed by atoms with Crippen LogP contribution in [0.4, 0.5) is 17.1 Å². The number of anilines is 3. The molecule has 0 saturated heterocycles. The van der Waals surface area contributed by atoms with Gasteiger partial charge in [-0.05, 0) is 83.4 Å². The minimum Gasteiger partial charge on any atom is -0.455 e. The lowest BCUT2D eigenvalue weighted by Gasteiger charge is -2.26. The van der Waals surface area contributed by atoms with Gasteiger partial charge in [0.15, 0.2) is 5.58 Å². The molecule has 5 heteroatoms. The van der Waals surface area contributed by atoms with Gasteiger partial charge in [0.05, 0.1) is 5.39 Å². The average molecular weight is 711 g/mol. The van der Waals surface area contributed by atoms with Gasteiger partial charge in [0, 0.05) is 53.7 Å². The first-order chi connectivity index (χ1) is 26.7. The summed E-state index contributed by atoms with van der Waals surface area (Å²) in [5, 5.41) is 4.49. The number of nitrogens with zero attached hydrogens (tertiary/aromatic N) is 2. The molecule has 254 valence electrons. The largest absolute Gasteiger partial charge is 0.455 e. The molecule has 0 aliphatic rings. The lowest BCUT2D eigenvalue weighted by Crippen LogP contribution is -2.10. The van der Waals surface area contributed by atoms with Crippen LogP contribution in [0.25, 0.3) is 86.9 Å². The van der Waals surface area contributed by atoms with Gasteiger partial charge in [-0.25, -0.2) is 4.98 Å². The van der Waals surface area contributed by atoms with Gasteiger partial charge in [-0.1, -0.05) is 115 Å². The maximum Gasteiger partial charge on any atom is 0.227 e. The molecule has 11 aromatic rings. The maximum absolute atomic E-state index is 6.67. The number of oxazole rings is 1. The summed E-state index contributed by atoms with van der Waals surface area (Å²) in [6.45, 7) is 0. The third-order valence-electron chi connectivity index (χ3n) is 10.3. The van der Waals surface area contributed by atoms with Crippen molar-refractivity contribution in [2.75, 3.05) is 4.90 Å². The first kappa shape index (κ1) is 30.7. The number of benzene rings is 8. The molecule has 0 amide bonds. The fourth-order valence-corrected chi connectivity index (χ4v) is 8.90. The third-order valence-corrected chi connectivity index (χ3v) is 11.4. The van der Waals surface area contributed by atoms with Gasteiger partial charge < -0.3 is 13.7 Å². The second kappa shape index (κ2) is 12.3. The molecule has 0 radical (unpaired) electrons. The van der Waals surface area contributed by atoms with E-state index in [2.05, 4.69) is 138 Å². The zero-order chi connectivity index (χ0) is 35.6. The number of aromatic nitrogens is 1. The van der Waals surface area contributed by atoms with Crippen molar-refractivity contribution >= 4 is 81.6 Å². The number of fused-ring (bicyclic) bond motifs is 8. The Kier molecular flexibility index (Phi) is 7.00. The highest BCUT2D eigenvalue weighted by Gasteiger charge is 2.22. The van der Waals surface area contributed by atoms with Crippen LogP contribution in [0.3, 0.4) is 0 Å². The van der Waals surface area contributed by atoms with E-state index in [9.17, 15) is 0 Å². The number of para-hydroxylation sites is 1. The highest BCUT2D eigenvalue weighted by atomic mass is 32.1. The van der Waals surface area contributed by atoms with Gasteiger partial charge in [0.1, 0.15) is 16.7 Å². The first-order valence-electron chi connectivity index (χ1n) is 18.0. The van der Waals surface area contributed by atoms with Crippen LogP contribution in [0.1, 0.15) is 0 Å². The number of hydrogen-bond donors (Lipinski definition) is 0. The predicted octanol–water partition coefficient (Wildman–Crippen LogP) is 14.6. The quantitative estimate of drug-likeness (QED) is 0.172. The Labute approximate surface area is 314 Å². The molecular formula is C49H30N2O2S. The topological polar surface area (TPSA) is 42.4 Å². The molecule has 0 aliphatic heterocycles. The van der Waals surface area contributed by atoms with Crippen molar-refractivity contribution < 1.29 is 8.83 Å². The minimum atomic E-state index is 0.587. The van der Waals surface area contributed by atoms with Crippen molar-refractivity contribution in [3.63, 3.8) is 0 Å². The number of furan rings is 1. The average Bonchev–Trinajstić information content (AvgIpc) is 3.95. The van der Waals surface area contributed by atoms with E-state index in [1.165, 1.54) is 25.7 Å². The zero-order valence-corrected chi connectivity index (χ0v) is 29.8. The standard InChI is InChI=1S/C49H30N2O2S/c1-3-13-31(14-4-1)33-17-11-19-35(27-33)51(37-25-26-39-38-21-8-10-24-44(38)54-45(39)29-37)36-20-12-18-34(28-36)41-30-42-48(53-49(50-42)32-15-5-2-6-16-32)46-40-22-7-9-23-43(40)52-47(41)46/h1-30H. The van der Waals surface area contributed by atoms with Gasteiger partial charge in [-0.3, -0.25) is 0 Å². The third kappa shape index (κ3) is 5.01. The monoisotopic (exact) mass is 710 g/mol. The molecule has 3 heterocycles. The van der Waals surface area contributed by atoms with Gasteiger partial charge in [0.25, 0.3) is 0 Å². The number of hydrogen-bond acceptors (Lipinski definition) is 5. The molecule has 0 aliphatic carbocycles. The lowest BCUT2D eigenvalue weighted by molar-refractivity contribution is 0.622. The molecule has 0 atom stereocenters. The van der Waals surface area contributed by atoms with Crippen LogP contribution >= 0.6 is 11.3 Å². The lowest BCUT2D eigenvalue weighted by atomic mass is 10.00. The van der Waals surface area contributed by atoms with E-state index in [-0.39, 0.29) is 0 Å². The highest BCUT2D eigenvalue weighted by Crippen LogP contribution is 2.45. The fraction of sp³-hybridized carbons (Fsp3) is 0. The second-order valence-corrected chi connectivity index (χ2v) is 14.6. The van der Waals surface area contributed by atoms with Gasteiger partial charge in [-0.2, -0.15) is 0 Å². The van der Waals surface area contributed by atoms with Crippen LogP contribution in [0, 0.1) is 0 Å². The molecule has 8 aromatic carbocycles. The summed E-state index contributed by atoms with van der Waals surface area (Å²) < 4.78 is 15.7. The van der Waals surface area contributed by atoms with Crippen molar-refractivity contribution in [3.05, 3.63) is 182 Å². The summed E-state index contributed by atoms with van der Waals surface area (Å²) in [5.74, 6) is 0.587. The SMILES string of the molecule is c1ccc(-c2cccc(N(c3cccc(-c4cc5nc(-c6ccccc6)oc5c5c4oc4ccccc45)c3)c3ccc4c(c3)sc3ccccc34)c2)cc1. The van der Waals surface area contributed by atoms with E-state index in [1.54, 1.807) is 0 Å². The molecule has 0 N–H and O–H groups in total. The van der Waals surface area contributed by atoms with Crippen molar-refractivity contribution in [2.45, 2.75) is 0 Å². The Morgan fingerprint density at radius 2 is 1.06 bits per heavy atom. The number of rotatable bonds is 6. The Morgan fingerprint density at radius 3 is 1.87 bits per heavy atom. The van der Waals surface area contributed by atoms with E-state index < -0.39 is 0 Å². The van der Waals surface area contributed by atoms with E-state index in [4.69, 9.17) is 13.8 Å². The van der Waals surface area contributed by atoms with E-state index >= 15 is 0 Å². The Morgan fingerprint density at radius 1 is 0.426 bits per heavy atom. The Balaban J connectivity index is 1.12. The van der Waals surface area contributed by atoms with Crippen molar-refractivity contribution in [1.29, 1.82) is 0 Å². The maximum atomic E-state index is 6.67. The molecule has 0 unspecified atom stereocenters. The van der Waals surface area contributed by atoms with Crippen LogP contribution in [-0.4, -0.2) is 4.98 Å². The predicted molar refractivity (Wildman–Crippen MR) is 225 cm³/mol. The van der Waals surface area contributed by atoms with Crippen LogP contribution in [0.5, 0.6) is 0 Å². The number of thiophene rings is 1. The molecule has 0 spiro atoms. The zero-order valence-electron chi connectivity index (χ0n) is 28.9. The normalized spacial score (nSPS) is 11.7. The van der Waals surface area contributed by atoms with Crippen LogP contribution < -0.4 is 4.90 Å². The van der Waals surface area contributed by atoms with Crippen molar-refractivity contribution in [2.24, 2.45) is 0 Å².